The van der Waals surface area contributed by atoms with Crippen molar-refractivity contribution < 1.29 is 27.2 Å². The van der Waals surface area contributed by atoms with Crippen LogP contribution in [0.1, 0.15) is 18.4 Å². The molecule has 0 N–H and O–H groups in total. The molecule has 34 heavy (non-hydrogen) atoms. The summed E-state index contributed by atoms with van der Waals surface area (Å²) in [7, 11) is 0. The lowest BCUT2D eigenvalue weighted by Crippen LogP contribution is -2.44. The van der Waals surface area contributed by atoms with Gasteiger partial charge in [0.15, 0.2) is 0 Å². The van der Waals surface area contributed by atoms with Crippen LogP contribution in [0.3, 0.4) is 0 Å². The first-order valence-corrected chi connectivity index (χ1v) is 10.8. The van der Waals surface area contributed by atoms with E-state index in [-0.39, 0.29) is 29.4 Å². The predicted molar refractivity (Wildman–Crippen MR) is 116 cm³/mol. The van der Waals surface area contributed by atoms with Crippen LogP contribution in [0, 0.1) is 0 Å². The SMILES string of the molecule is O=C1CCCN1C1CN(c2noc(-c3cccc(OC(F)(F)F)c3)n2)N=C1c1ccc(Cl)cc1. The third kappa shape index (κ3) is 4.56. The molecule has 3 aromatic rings. The number of amides is 1. The first-order valence-electron chi connectivity index (χ1n) is 10.4. The molecule has 12 heteroatoms. The molecule has 8 nitrogen and oxygen atoms in total. The molecule has 1 atom stereocenters. The Morgan fingerprint density at radius 3 is 2.62 bits per heavy atom. The Labute approximate surface area is 196 Å². The molecule has 1 aromatic heterocycles. The Bertz CT molecular complexity index is 1250. The molecule has 0 radical (unpaired) electrons. The quantitative estimate of drug-likeness (QED) is 0.522. The Balaban J connectivity index is 1.43. The molecule has 176 valence electrons. The van der Waals surface area contributed by atoms with Gasteiger partial charge in [0, 0.05) is 29.1 Å². The lowest BCUT2D eigenvalue weighted by atomic mass is 10.0. The largest absolute Gasteiger partial charge is 0.573 e. The number of carbonyl (C=O) groups is 1. The Hall–Kier alpha value is -3.60. The van der Waals surface area contributed by atoms with E-state index >= 15 is 0 Å². The van der Waals surface area contributed by atoms with Crippen molar-refractivity contribution >= 4 is 29.2 Å². The van der Waals surface area contributed by atoms with Crippen LogP contribution in [0.4, 0.5) is 19.1 Å². The molecule has 5 rings (SSSR count). The second-order valence-electron chi connectivity index (χ2n) is 7.76. The van der Waals surface area contributed by atoms with E-state index in [1.165, 1.54) is 23.2 Å². The molecule has 0 saturated carbocycles. The number of hydrazone groups is 1. The van der Waals surface area contributed by atoms with Crippen LogP contribution in [-0.2, 0) is 4.79 Å². The third-order valence-corrected chi connectivity index (χ3v) is 5.73. The summed E-state index contributed by atoms with van der Waals surface area (Å²) in [5, 5.41) is 10.7. The highest BCUT2D eigenvalue weighted by atomic mass is 35.5. The third-order valence-electron chi connectivity index (χ3n) is 5.48. The van der Waals surface area contributed by atoms with Crippen molar-refractivity contribution in [2.24, 2.45) is 5.10 Å². The van der Waals surface area contributed by atoms with Crippen molar-refractivity contribution in [3.05, 3.63) is 59.1 Å². The fourth-order valence-electron chi connectivity index (χ4n) is 3.99. The van der Waals surface area contributed by atoms with E-state index in [9.17, 15) is 18.0 Å². The molecule has 1 fully saturated rings. The summed E-state index contributed by atoms with van der Waals surface area (Å²) >= 11 is 6.02. The number of hydrogen-bond donors (Lipinski definition) is 0. The molecule has 2 aliphatic heterocycles. The Morgan fingerprint density at radius 1 is 1.12 bits per heavy atom. The maximum absolute atomic E-state index is 12.5. The van der Waals surface area contributed by atoms with E-state index in [2.05, 4.69) is 20.0 Å². The average Bonchev–Trinajstić information content (AvgIpc) is 3.52. The van der Waals surface area contributed by atoms with Crippen molar-refractivity contribution in [2.45, 2.75) is 25.2 Å². The normalized spacial score (nSPS) is 18.5. The van der Waals surface area contributed by atoms with Gasteiger partial charge in [0.2, 0.25) is 5.91 Å². The van der Waals surface area contributed by atoms with Gasteiger partial charge in [0.1, 0.15) is 5.75 Å². The van der Waals surface area contributed by atoms with Gasteiger partial charge < -0.3 is 14.2 Å². The molecule has 2 aliphatic rings. The lowest BCUT2D eigenvalue weighted by molar-refractivity contribution is -0.274. The minimum Gasteiger partial charge on any atom is -0.406 e. The number of hydrogen-bond acceptors (Lipinski definition) is 7. The highest BCUT2D eigenvalue weighted by Gasteiger charge is 2.39. The van der Waals surface area contributed by atoms with E-state index in [1.807, 2.05) is 12.1 Å². The number of aromatic nitrogens is 2. The fraction of sp³-hybridized carbons (Fsp3) is 0.273. The second kappa shape index (κ2) is 8.64. The zero-order valence-electron chi connectivity index (χ0n) is 17.5. The number of benzene rings is 2. The van der Waals surface area contributed by atoms with Gasteiger partial charge in [-0.2, -0.15) is 10.1 Å². The minimum absolute atomic E-state index is 0.00608. The summed E-state index contributed by atoms with van der Waals surface area (Å²) < 4.78 is 46.9. The Morgan fingerprint density at radius 2 is 1.91 bits per heavy atom. The van der Waals surface area contributed by atoms with Crippen LogP contribution in [0.5, 0.6) is 5.75 Å². The van der Waals surface area contributed by atoms with Crippen LogP contribution >= 0.6 is 11.6 Å². The molecule has 3 heterocycles. The van der Waals surface area contributed by atoms with Gasteiger partial charge in [0.25, 0.3) is 11.8 Å². The van der Waals surface area contributed by atoms with E-state index < -0.39 is 12.1 Å². The van der Waals surface area contributed by atoms with Gasteiger partial charge in [-0.05, 0) is 41.9 Å². The number of ether oxygens (including phenoxy) is 1. The highest BCUT2D eigenvalue weighted by Crippen LogP contribution is 2.30. The van der Waals surface area contributed by atoms with Crippen LogP contribution in [0.25, 0.3) is 11.5 Å². The minimum atomic E-state index is -4.82. The summed E-state index contributed by atoms with van der Waals surface area (Å²) in [4.78, 5) is 18.5. The molecule has 1 unspecified atom stereocenters. The maximum Gasteiger partial charge on any atom is 0.573 e. The summed E-state index contributed by atoms with van der Waals surface area (Å²) in [5.74, 6) is -0.227. The van der Waals surface area contributed by atoms with Gasteiger partial charge in [-0.25, -0.2) is 5.01 Å². The van der Waals surface area contributed by atoms with Crippen molar-refractivity contribution in [1.82, 2.24) is 15.0 Å². The predicted octanol–water partition coefficient (Wildman–Crippen LogP) is 4.50. The lowest BCUT2D eigenvalue weighted by Gasteiger charge is -2.25. The second-order valence-corrected chi connectivity index (χ2v) is 8.19. The Kier molecular flexibility index (Phi) is 5.64. The molecule has 0 spiro atoms. The highest BCUT2D eigenvalue weighted by molar-refractivity contribution is 6.30. The number of likely N-dealkylation sites (tertiary alicyclic amines) is 1. The first kappa shape index (κ1) is 22.2. The van der Waals surface area contributed by atoms with Crippen molar-refractivity contribution in [3.8, 4) is 17.2 Å². The maximum atomic E-state index is 12.5. The fourth-order valence-corrected chi connectivity index (χ4v) is 4.12. The number of nitrogens with zero attached hydrogens (tertiary/aromatic N) is 5. The number of alkyl halides is 3. The number of anilines is 1. The zero-order chi connectivity index (χ0) is 23.9. The molecule has 0 bridgehead atoms. The topological polar surface area (TPSA) is 84.1 Å². The molecular formula is C22H17ClF3N5O3. The van der Waals surface area contributed by atoms with Crippen LogP contribution in [-0.4, -0.2) is 52.2 Å². The van der Waals surface area contributed by atoms with Gasteiger partial charge in [0.05, 0.1) is 18.3 Å². The summed E-state index contributed by atoms with van der Waals surface area (Å²) in [6.07, 6.45) is -3.57. The van der Waals surface area contributed by atoms with E-state index in [0.29, 0.717) is 30.2 Å². The van der Waals surface area contributed by atoms with Gasteiger partial charge in [-0.1, -0.05) is 29.8 Å². The van der Waals surface area contributed by atoms with Crippen molar-refractivity contribution in [2.75, 3.05) is 18.1 Å². The van der Waals surface area contributed by atoms with Gasteiger partial charge in [-0.15, -0.1) is 13.2 Å². The number of carbonyl (C=O) groups excluding carboxylic acids is 1. The average molecular weight is 492 g/mol. The van der Waals surface area contributed by atoms with E-state index in [1.54, 1.807) is 17.0 Å². The summed E-state index contributed by atoms with van der Waals surface area (Å²) in [5.41, 5.74) is 1.73. The van der Waals surface area contributed by atoms with Gasteiger partial charge >= 0.3 is 6.36 Å². The number of halogens is 4. The van der Waals surface area contributed by atoms with E-state index in [4.69, 9.17) is 16.1 Å². The van der Waals surface area contributed by atoms with E-state index in [0.717, 1.165) is 18.1 Å². The van der Waals surface area contributed by atoms with Crippen LogP contribution < -0.4 is 9.75 Å². The van der Waals surface area contributed by atoms with Gasteiger partial charge in [-0.3, -0.25) is 4.79 Å². The molecule has 2 aromatic carbocycles. The molecule has 1 amide bonds. The van der Waals surface area contributed by atoms with Crippen molar-refractivity contribution in [1.29, 1.82) is 0 Å². The standard InChI is InChI=1S/C22H17ClF3N5O3/c23-15-8-6-13(7-9-15)19-17(30-10-2-5-18(30)32)12-31(28-19)21-27-20(34-29-21)14-3-1-4-16(11-14)33-22(24,25)26/h1,3-4,6-9,11,17H,2,5,10,12H2. The van der Waals surface area contributed by atoms with Crippen molar-refractivity contribution in [3.63, 3.8) is 0 Å². The van der Waals surface area contributed by atoms with Crippen LogP contribution in [0.2, 0.25) is 5.02 Å². The first-order chi connectivity index (χ1) is 16.3. The summed E-state index contributed by atoms with van der Waals surface area (Å²) in [6.45, 7) is 0.924. The molecule has 1 saturated heterocycles. The molecule has 0 aliphatic carbocycles. The summed E-state index contributed by atoms with van der Waals surface area (Å²) in [6, 6.07) is 12.1. The van der Waals surface area contributed by atoms with Crippen LogP contribution in [0.15, 0.2) is 58.2 Å². The smallest absolute Gasteiger partial charge is 0.406 e. The molecular weight excluding hydrogens is 475 g/mol. The zero-order valence-corrected chi connectivity index (χ0v) is 18.3. The number of rotatable bonds is 5. The monoisotopic (exact) mass is 491 g/mol.